The number of aryl methyl sites for hydroxylation is 1. The zero-order chi connectivity index (χ0) is 22.3. The average molecular weight is 433 g/mol. The van der Waals surface area contributed by atoms with Crippen LogP contribution in [0.1, 0.15) is 36.6 Å². The van der Waals surface area contributed by atoms with Crippen LogP contribution in [0, 0.1) is 5.92 Å². The number of rotatable bonds is 8. The number of aromatic amines is 1. The molecule has 1 aliphatic rings. The zero-order valence-electron chi connectivity index (χ0n) is 18.7. The summed E-state index contributed by atoms with van der Waals surface area (Å²) in [6.45, 7) is 5.44. The molecular weight excluding hydrogens is 400 g/mol. The normalized spacial score (nSPS) is 15.9. The van der Waals surface area contributed by atoms with Crippen molar-refractivity contribution < 1.29 is 4.79 Å². The van der Waals surface area contributed by atoms with Crippen LogP contribution >= 0.6 is 0 Å². The summed E-state index contributed by atoms with van der Waals surface area (Å²) in [6.07, 6.45) is 2.83. The molecule has 2 N–H and O–H groups in total. The van der Waals surface area contributed by atoms with E-state index in [2.05, 4.69) is 46.5 Å². The maximum Gasteiger partial charge on any atom is 0.274 e. The van der Waals surface area contributed by atoms with Crippen LogP contribution in [0.3, 0.4) is 0 Å². The molecule has 1 atom stereocenters. The number of hydrogen-bond donors (Lipinski definition) is 2. The summed E-state index contributed by atoms with van der Waals surface area (Å²) in [5.41, 5.74) is 3.92. The van der Waals surface area contributed by atoms with Crippen molar-refractivity contribution in [2.45, 2.75) is 39.2 Å². The lowest BCUT2D eigenvalue weighted by Crippen LogP contribution is -2.37. The molecule has 0 spiro atoms. The Balaban J connectivity index is 1.29. The minimum absolute atomic E-state index is 0.00626. The molecule has 0 saturated carbocycles. The summed E-state index contributed by atoms with van der Waals surface area (Å²) >= 11 is 0. The van der Waals surface area contributed by atoms with Gasteiger partial charge < -0.3 is 5.32 Å². The third kappa shape index (κ3) is 5.19. The van der Waals surface area contributed by atoms with Gasteiger partial charge in [-0.25, -0.2) is 4.68 Å². The third-order valence-electron chi connectivity index (χ3n) is 6.37. The number of benzene rings is 2. The number of amides is 1. The van der Waals surface area contributed by atoms with Crippen molar-refractivity contribution in [3.63, 3.8) is 0 Å². The third-order valence-corrected chi connectivity index (χ3v) is 6.37. The van der Waals surface area contributed by atoms with Crippen LogP contribution in [-0.2, 0) is 24.2 Å². The summed E-state index contributed by atoms with van der Waals surface area (Å²) in [4.78, 5) is 28.0. The van der Waals surface area contributed by atoms with Gasteiger partial charge in [0.1, 0.15) is 0 Å². The molecule has 0 saturated heterocycles. The molecule has 0 fully saturated rings. The number of nitrogens with zero attached hydrogens (tertiary/aromatic N) is 2. The van der Waals surface area contributed by atoms with E-state index in [1.54, 1.807) is 4.68 Å². The highest BCUT2D eigenvalue weighted by atomic mass is 16.2. The summed E-state index contributed by atoms with van der Waals surface area (Å²) in [6, 6.07) is 20.0. The number of para-hydroxylation sites is 1. The van der Waals surface area contributed by atoms with E-state index < -0.39 is 0 Å². The van der Waals surface area contributed by atoms with Crippen molar-refractivity contribution in [3.8, 4) is 5.69 Å². The lowest BCUT2D eigenvalue weighted by Gasteiger charge is -2.21. The number of carbonyl (C=O) groups is 1. The second-order valence-corrected chi connectivity index (χ2v) is 8.46. The van der Waals surface area contributed by atoms with Crippen LogP contribution in [0.2, 0.25) is 0 Å². The molecule has 1 aromatic heterocycles. The van der Waals surface area contributed by atoms with Crippen LogP contribution in [0.25, 0.3) is 5.69 Å². The van der Waals surface area contributed by atoms with Crippen LogP contribution in [-0.4, -0.2) is 40.2 Å². The highest BCUT2D eigenvalue weighted by Crippen LogP contribution is 2.22. The highest BCUT2D eigenvalue weighted by molar-refractivity contribution is 5.78. The molecule has 6 nitrogen and oxygen atoms in total. The van der Waals surface area contributed by atoms with Crippen LogP contribution in [0.15, 0.2) is 65.5 Å². The summed E-state index contributed by atoms with van der Waals surface area (Å²) in [7, 11) is 0. The first-order valence-corrected chi connectivity index (χ1v) is 11.6. The Morgan fingerprint density at radius 1 is 1.06 bits per heavy atom. The SMILES string of the molecule is CCN(CCNC(=O)C1CCc2[nH]n(-c3ccccc3)c(=O)c2CC1)Cc1ccccc1. The molecule has 0 radical (unpaired) electrons. The first kappa shape index (κ1) is 22.1. The van der Waals surface area contributed by atoms with E-state index >= 15 is 0 Å². The molecule has 0 aliphatic heterocycles. The Hall–Kier alpha value is -3.12. The number of fused-ring (bicyclic) bond motifs is 1. The smallest absolute Gasteiger partial charge is 0.274 e. The van der Waals surface area contributed by atoms with E-state index in [4.69, 9.17) is 0 Å². The fraction of sp³-hybridized carbons (Fsp3) is 0.385. The van der Waals surface area contributed by atoms with E-state index in [0.717, 1.165) is 49.4 Å². The molecule has 4 rings (SSSR count). The first-order valence-electron chi connectivity index (χ1n) is 11.6. The van der Waals surface area contributed by atoms with Gasteiger partial charge in [-0.05, 0) is 49.9 Å². The van der Waals surface area contributed by atoms with Gasteiger partial charge in [0.2, 0.25) is 5.91 Å². The first-order chi connectivity index (χ1) is 15.7. The second kappa shape index (κ2) is 10.5. The number of H-pyrrole nitrogens is 1. The van der Waals surface area contributed by atoms with Gasteiger partial charge in [0, 0.05) is 36.8 Å². The number of carbonyl (C=O) groups excluding carboxylic acids is 1. The van der Waals surface area contributed by atoms with Gasteiger partial charge in [-0.3, -0.25) is 19.6 Å². The minimum Gasteiger partial charge on any atom is -0.355 e. The quantitative estimate of drug-likeness (QED) is 0.537. The summed E-state index contributed by atoms with van der Waals surface area (Å²) in [5, 5.41) is 6.40. The Kier molecular flexibility index (Phi) is 7.22. The monoisotopic (exact) mass is 432 g/mol. The summed E-state index contributed by atoms with van der Waals surface area (Å²) < 4.78 is 1.62. The number of aromatic nitrogens is 2. The molecule has 3 aromatic rings. The van der Waals surface area contributed by atoms with Gasteiger partial charge in [-0.2, -0.15) is 0 Å². The molecule has 1 aliphatic carbocycles. The number of likely N-dealkylation sites (N-methyl/N-ethyl adjacent to an activating group) is 1. The molecule has 1 heterocycles. The van der Waals surface area contributed by atoms with Crippen molar-refractivity contribution in [1.82, 2.24) is 20.0 Å². The van der Waals surface area contributed by atoms with E-state index in [0.29, 0.717) is 19.4 Å². The van der Waals surface area contributed by atoms with E-state index in [-0.39, 0.29) is 17.4 Å². The van der Waals surface area contributed by atoms with E-state index in [1.165, 1.54) is 5.56 Å². The average Bonchev–Trinajstić information content (AvgIpc) is 3.00. The Morgan fingerprint density at radius 3 is 2.47 bits per heavy atom. The van der Waals surface area contributed by atoms with Crippen LogP contribution < -0.4 is 10.9 Å². The lowest BCUT2D eigenvalue weighted by molar-refractivity contribution is -0.125. The predicted molar refractivity (Wildman–Crippen MR) is 127 cm³/mol. The summed E-state index contributed by atoms with van der Waals surface area (Å²) in [5.74, 6) is 0.0545. The topological polar surface area (TPSA) is 70.1 Å². The standard InChI is InChI=1S/C26H32N4O2/c1-2-29(19-20-9-5-3-6-10-20)18-17-27-25(31)21-13-15-23-24(16-14-21)28-30(26(23)32)22-11-7-4-8-12-22/h3-12,21,28H,2,13-19H2,1H3,(H,27,31). The largest absolute Gasteiger partial charge is 0.355 e. The van der Waals surface area contributed by atoms with Crippen molar-refractivity contribution in [2.75, 3.05) is 19.6 Å². The van der Waals surface area contributed by atoms with Gasteiger partial charge in [0.15, 0.2) is 0 Å². The molecular formula is C26H32N4O2. The Labute approximate surface area is 189 Å². The maximum absolute atomic E-state index is 12.9. The predicted octanol–water partition coefficient (Wildman–Crippen LogP) is 3.30. The van der Waals surface area contributed by atoms with Crippen molar-refractivity contribution in [3.05, 3.63) is 87.8 Å². The van der Waals surface area contributed by atoms with E-state index in [9.17, 15) is 9.59 Å². The van der Waals surface area contributed by atoms with Gasteiger partial charge in [0.05, 0.1) is 5.69 Å². The molecule has 6 heteroatoms. The maximum atomic E-state index is 12.9. The Bertz CT molecular complexity index is 1070. The fourth-order valence-corrected chi connectivity index (χ4v) is 4.46. The minimum atomic E-state index is -0.0513. The molecule has 2 aromatic carbocycles. The van der Waals surface area contributed by atoms with Gasteiger partial charge in [0.25, 0.3) is 5.56 Å². The molecule has 32 heavy (non-hydrogen) atoms. The second-order valence-electron chi connectivity index (χ2n) is 8.46. The van der Waals surface area contributed by atoms with E-state index in [1.807, 2.05) is 36.4 Å². The molecule has 1 unspecified atom stereocenters. The van der Waals surface area contributed by atoms with Crippen molar-refractivity contribution in [1.29, 1.82) is 0 Å². The van der Waals surface area contributed by atoms with Crippen LogP contribution in [0.4, 0.5) is 0 Å². The van der Waals surface area contributed by atoms with Gasteiger partial charge in [-0.1, -0.05) is 55.5 Å². The number of hydrogen-bond acceptors (Lipinski definition) is 3. The Morgan fingerprint density at radius 2 is 1.75 bits per heavy atom. The number of nitrogens with one attached hydrogen (secondary N) is 2. The van der Waals surface area contributed by atoms with Gasteiger partial charge in [-0.15, -0.1) is 0 Å². The zero-order valence-corrected chi connectivity index (χ0v) is 18.7. The fourth-order valence-electron chi connectivity index (χ4n) is 4.46. The molecule has 0 bridgehead atoms. The molecule has 168 valence electrons. The van der Waals surface area contributed by atoms with Gasteiger partial charge >= 0.3 is 0 Å². The van der Waals surface area contributed by atoms with Crippen molar-refractivity contribution in [2.24, 2.45) is 5.92 Å². The molecule has 1 amide bonds. The van der Waals surface area contributed by atoms with Crippen LogP contribution in [0.5, 0.6) is 0 Å². The lowest BCUT2D eigenvalue weighted by atomic mass is 9.99. The van der Waals surface area contributed by atoms with Crippen molar-refractivity contribution >= 4 is 5.91 Å². The highest BCUT2D eigenvalue weighted by Gasteiger charge is 2.26.